The van der Waals surface area contributed by atoms with Crippen LogP contribution in [0.4, 0.5) is 30.4 Å². The molecule has 0 bridgehead atoms. The van der Waals surface area contributed by atoms with Gasteiger partial charge in [0.2, 0.25) is 0 Å². The third-order valence-corrected chi connectivity index (χ3v) is 2.97. The SMILES string of the molecule is Cc1ccc(C(F)(F)F)cc1Nc1ncc(N)cc1Cl. The molecule has 106 valence electrons. The first-order valence-electron chi connectivity index (χ1n) is 5.63. The van der Waals surface area contributed by atoms with E-state index in [-0.39, 0.29) is 10.8 Å². The van der Waals surface area contributed by atoms with E-state index in [1.54, 1.807) is 6.92 Å². The van der Waals surface area contributed by atoms with Crippen LogP contribution in [0.5, 0.6) is 0 Å². The predicted molar refractivity (Wildman–Crippen MR) is 73.1 cm³/mol. The van der Waals surface area contributed by atoms with Crippen molar-refractivity contribution in [2.24, 2.45) is 0 Å². The summed E-state index contributed by atoms with van der Waals surface area (Å²) < 4.78 is 38.1. The predicted octanol–water partition coefficient (Wildman–Crippen LogP) is 4.39. The smallest absolute Gasteiger partial charge is 0.397 e. The number of nitrogen functional groups attached to an aromatic ring is 1. The van der Waals surface area contributed by atoms with E-state index in [9.17, 15) is 13.2 Å². The number of nitrogens with two attached hydrogens (primary N) is 1. The molecule has 7 heteroatoms. The summed E-state index contributed by atoms with van der Waals surface area (Å²) in [6.07, 6.45) is -3.03. The molecule has 0 unspecified atom stereocenters. The molecule has 0 saturated heterocycles. The molecule has 0 saturated carbocycles. The highest BCUT2D eigenvalue weighted by molar-refractivity contribution is 6.33. The number of hydrogen-bond donors (Lipinski definition) is 2. The second kappa shape index (κ2) is 5.20. The van der Waals surface area contributed by atoms with E-state index >= 15 is 0 Å². The zero-order valence-corrected chi connectivity index (χ0v) is 11.2. The molecule has 0 fully saturated rings. The minimum atomic E-state index is -4.40. The van der Waals surface area contributed by atoms with Gasteiger partial charge in [0.05, 0.1) is 22.5 Å². The molecule has 0 spiro atoms. The Balaban J connectivity index is 2.38. The van der Waals surface area contributed by atoms with E-state index in [0.29, 0.717) is 16.9 Å². The zero-order chi connectivity index (χ0) is 14.9. The number of aryl methyl sites for hydroxylation is 1. The lowest BCUT2D eigenvalue weighted by Gasteiger charge is -2.13. The summed E-state index contributed by atoms with van der Waals surface area (Å²) in [6.45, 7) is 1.69. The van der Waals surface area contributed by atoms with Gasteiger partial charge >= 0.3 is 6.18 Å². The Kier molecular flexibility index (Phi) is 3.76. The van der Waals surface area contributed by atoms with Crippen molar-refractivity contribution in [1.82, 2.24) is 4.98 Å². The topological polar surface area (TPSA) is 50.9 Å². The van der Waals surface area contributed by atoms with Crippen LogP contribution < -0.4 is 11.1 Å². The van der Waals surface area contributed by atoms with E-state index in [2.05, 4.69) is 10.3 Å². The van der Waals surface area contributed by atoms with E-state index in [1.807, 2.05) is 0 Å². The van der Waals surface area contributed by atoms with E-state index < -0.39 is 11.7 Å². The van der Waals surface area contributed by atoms with Crippen molar-refractivity contribution in [3.63, 3.8) is 0 Å². The number of benzene rings is 1. The van der Waals surface area contributed by atoms with Crippen LogP contribution >= 0.6 is 11.6 Å². The summed E-state index contributed by atoms with van der Waals surface area (Å²) in [5, 5.41) is 3.02. The average Bonchev–Trinajstić information content (AvgIpc) is 2.33. The summed E-state index contributed by atoms with van der Waals surface area (Å²) in [6, 6.07) is 4.90. The van der Waals surface area contributed by atoms with Crippen molar-refractivity contribution in [3.8, 4) is 0 Å². The Morgan fingerprint density at radius 3 is 2.55 bits per heavy atom. The Hall–Kier alpha value is -1.95. The summed E-state index contributed by atoms with van der Waals surface area (Å²) in [4.78, 5) is 3.96. The van der Waals surface area contributed by atoms with Gasteiger partial charge in [-0.25, -0.2) is 4.98 Å². The monoisotopic (exact) mass is 301 g/mol. The second-order valence-corrected chi connectivity index (χ2v) is 4.66. The van der Waals surface area contributed by atoms with Gasteiger partial charge < -0.3 is 11.1 Å². The Labute approximate surface area is 118 Å². The highest BCUT2D eigenvalue weighted by Crippen LogP contribution is 2.33. The number of hydrogen-bond acceptors (Lipinski definition) is 3. The van der Waals surface area contributed by atoms with Crippen LogP contribution in [0.2, 0.25) is 5.02 Å². The van der Waals surface area contributed by atoms with Gasteiger partial charge in [-0.3, -0.25) is 0 Å². The van der Waals surface area contributed by atoms with Crippen LogP contribution in [-0.4, -0.2) is 4.98 Å². The maximum atomic E-state index is 12.7. The molecule has 0 atom stereocenters. The molecular formula is C13H11ClF3N3. The van der Waals surface area contributed by atoms with Crippen LogP contribution in [0.3, 0.4) is 0 Å². The Morgan fingerprint density at radius 1 is 1.25 bits per heavy atom. The largest absolute Gasteiger partial charge is 0.416 e. The minimum absolute atomic E-state index is 0.238. The number of rotatable bonds is 2. The summed E-state index contributed by atoms with van der Waals surface area (Å²) in [7, 11) is 0. The van der Waals surface area contributed by atoms with Gasteiger partial charge in [0.25, 0.3) is 0 Å². The van der Waals surface area contributed by atoms with Crippen LogP contribution in [0.15, 0.2) is 30.5 Å². The Bertz CT molecular complexity index is 641. The van der Waals surface area contributed by atoms with Gasteiger partial charge in [-0.1, -0.05) is 17.7 Å². The van der Waals surface area contributed by atoms with E-state index in [4.69, 9.17) is 17.3 Å². The fourth-order valence-corrected chi connectivity index (χ4v) is 1.83. The van der Waals surface area contributed by atoms with Crippen molar-refractivity contribution in [3.05, 3.63) is 46.6 Å². The third kappa shape index (κ3) is 3.14. The maximum absolute atomic E-state index is 12.7. The summed E-state index contributed by atoms with van der Waals surface area (Å²) >= 11 is 5.93. The van der Waals surface area contributed by atoms with Gasteiger partial charge in [0.1, 0.15) is 5.82 Å². The van der Waals surface area contributed by atoms with Gasteiger partial charge in [0.15, 0.2) is 0 Å². The molecule has 3 N–H and O–H groups in total. The van der Waals surface area contributed by atoms with Crippen molar-refractivity contribution >= 4 is 28.8 Å². The van der Waals surface area contributed by atoms with Crippen LogP contribution in [0, 0.1) is 6.92 Å². The van der Waals surface area contributed by atoms with E-state index in [1.165, 1.54) is 18.3 Å². The first kappa shape index (κ1) is 14.5. The molecule has 0 aliphatic carbocycles. The van der Waals surface area contributed by atoms with Gasteiger partial charge in [-0.2, -0.15) is 13.2 Å². The lowest BCUT2D eigenvalue weighted by molar-refractivity contribution is -0.137. The molecule has 20 heavy (non-hydrogen) atoms. The molecule has 0 radical (unpaired) electrons. The summed E-state index contributed by atoms with van der Waals surface area (Å²) in [5.41, 5.74) is 6.08. The quantitative estimate of drug-likeness (QED) is 0.865. The second-order valence-electron chi connectivity index (χ2n) is 4.25. The molecule has 3 nitrogen and oxygen atoms in total. The molecular weight excluding hydrogens is 291 g/mol. The number of alkyl halides is 3. The fourth-order valence-electron chi connectivity index (χ4n) is 1.61. The first-order valence-corrected chi connectivity index (χ1v) is 6.01. The average molecular weight is 302 g/mol. The van der Waals surface area contributed by atoms with Crippen LogP contribution in [-0.2, 0) is 6.18 Å². The van der Waals surface area contributed by atoms with E-state index in [0.717, 1.165) is 12.1 Å². The highest BCUT2D eigenvalue weighted by Gasteiger charge is 2.30. The molecule has 0 aliphatic heterocycles. The van der Waals surface area contributed by atoms with Crippen LogP contribution in [0.1, 0.15) is 11.1 Å². The molecule has 2 rings (SSSR count). The number of nitrogens with one attached hydrogen (secondary N) is 1. The highest BCUT2D eigenvalue weighted by atomic mass is 35.5. The van der Waals surface area contributed by atoms with Crippen molar-refractivity contribution in [1.29, 1.82) is 0 Å². The molecule has 0 amide bonds. The van der Waals surface area contributed by atoms with Crippen molar-refractivity contribution in [2.45, 2.75) is 13.1 Å². The first-order chi connectivity index (χ1) is 9.27. The molecule has 0 aliphatic rings. The summed E-state index contributed by atoms with van der Waals surface area (Å²) in [5.74, 6) is 0.253. The number of anilines is 3. The number of pyridine rings is 1. The molecule has 1 heterocycles. The lowest BCUT2D eigenvalue weighted by atomic mass is 10.1. The Morgan fingerprint density at radius 2 is 1.95 bits per heavy atom. The molecule has 1 aromatic heterocycles. The standard InChI is InChI=1S/C13H11ClF3N3/c1-7-2-3-8(13(15,16)17)4-11(7)20-12-10(14)5-9(18)6-19-12/h2-6H,18H2,1H3,(H,19,20). The minimum Gasteiger partial charge on any atom is -0.397 e. The van der Waals surface area contributed by atoms with Gasteiger partial charge in [0, 0.05) is 5.69 Å². The lowest BCUT2D eigenvalue weighted by Crippen LogP contribution is -2.06. The number of halogens is 4. The fraction of sp³-hybridized carbons (Fsp3) is 0.154. The maximum Gasteiger partial charge on any atom is 0.416 e. The van der Waals surface area contributed by atoms with Crippen LogP contribution in [0.25, 0.3) is 0 Å². The van der Waals surface area contributed by atoms with Crippen molar-refractivity contribution < 1.29 is 13.2 Å². The van der Waals surface area contributed by atoms with Crippen molar-refractivity contribution in [2.75, 3.05) is 11.1 Å². The zero-order valence-electron chi connectivity index (χ0n) is 10.4. The van der Waals surface area contributed by atoms with Gasteiger partial charge in [-0.05, 0) is 30.7 Å². The van der Waals surface area contributed by atoms with Gasteiger partial charge in [-0.15, -0.1) is 0 Å². The number of aromatic nitrogens is 1. The molecule has 2 aromatic rings. The third-order valence-electron chi connectivity index (χ3n) is 2.68. The number of nitrogens with zero attached hydrogens (tertiary/aromatic N) is 1. The molecule has 1 aromatic carbocycles. The normalized spacial score (nSPS) is 11.4.